The lowest BCUT2D eigenvalue weighted by Crippen LogP contribution is -2.48. The van der Waals surface area contributed by atoms with Gasteiger partial charge in [-0.15, -0.1) is 11.3 Å². The highest BCUT2D eigenvalue weighted by atomic mass is 32.1. The van der Waals surface area contributed by atoms with Crippen LogP contribution in [-0.4, -0.2) is 71.2 Å². The lowest BCUT2D eigenvalue weighted by atomic mass is 10.1. The van der Waals surface area contributed by atoms with E-state index in [0.717, 1.165) is 68.2 Å². The number of carbonyl (C=O) groups excluding carboxylic acids is 1. The summed E-state index contributed by atoms with van der Waals surface area (Å²) in [7, 11) is 0. The standard InChI is InChI=1S/C25H33N5O2S/c1-4-30(19(2)3)21-11-9-20(10-12-21)25(31)29-16-14-28(15-17-29)13-5-8-23-26-24(27-32-23)22-7-6-18-33-22/h6-7,9-12,18-19H,4-5,8,13-17H2,1-3H3. The van der Waals surface area contributed by atoms with Crippen LogP contribution in [0.3, 0.4) is 0 Å². The Balaban J connectivity index is 1.21. The van der Waals surface area contributed by atoms with E-state index < -0.39 is 0 Å². The fraction of sp³-hybridized carbons (Fsp3) is 0.480. The third kappa shape index (κ3) is 5.81. The number of hydrogen-bond acceptors (Lipinski definition) is 7. The molecule has 1 fully saturated rings. The van der Waals surface area contributed by atoms with Gasteiger partial charge in [-0.2, -0.15) is 4.98 Å². The van der Waals surface area contributed by atoms with Gasteiger partial charge in [0.15, 0.2) is 0 Å². The molecule has 4 rings (SSSR count). The van der Waals surface area contributed by atoms with Crippen molar-refractivity contribution < 1.29 is 9.32 Å². The van der Waals surface area contributed by atoms with Gasteiger partial charge in [0.25, 0.3) is 5.91 Å². The Morgan fingerprint density at radius 2 is 1.91 bits per heavy atom. The molecule has 0 aliphatic carbocycles. The Hall–Kier alpha value is -2.71. The smallest absolute Gasteiger partial charge is 0.253 e. The predicted molar refractivity (Wildman–Crippen MR) is 133 cm³/mol. The molecule has 0 radical (unpaired) electrons. The van der Waals surface area contributed by atoms with Gasteiger partial charge in [0.2, 0.25) is 11.7 Å². The average molecular weight is 468 g/mol. The highest BCUT2D eigenvalue weighted by molar-refractivity contribution is 7.13. The maximum absolute atomic E-state index is 13.0. The highest BCUT2D eigenvalue weighted by Gasteiger charge is 2.22. The lowest BCUT2D eigenvalue weighted by Gasteiger charge is -2.34. The van der Waals surface area contributed by atoms with E-state index in [1.807, 2.05) is 34.5 Å². The number of carbonyl (C=O) groups is 1. The van der Waals surface area contributed by atoms with Crippen molar-refractivity contribution in [3.63, 3.8) is 0 Å². The Morgan fingerprint density at radius 1 is 1.15 bits per heavy atom. The molecule has 1 aliphatic rings. The molecule has 0 saturated carbocycles. The number of amides is 1. The molecular weight excluding hydrogens is 434 g/mol. The van der Waals surface area contributed by atoms with Crippen molar-refractivity contribution in [3.8, 4) is 10.7 Å². The molecule has 0 bridgehead atoms. The van der Waals surface area contributed by atoms with Gasteiger partial charge in [-0.25, -0.2) is 0 Å². The molecule has 33 heavy (non-hydrogen) atoms. The van der Waals surface area contributed by atoms with E-state index in [1.165, 1.54) is 0 Å². The molecular formula is C25H33N5O2S. The second-order valence-corrected chi connectivity index (χ2v) is 9.60. The normalized spacial score (nSPS) is 14.7. The Morgan fingerprint density at radius 3 is 2.55 bits per heavy atom. The third-order valence-corrected chi connectivity index (χ3v) is 7.01. The summed E-state index contributed by atoms with van der Waals surface area (Å²) in [6.07, 6.45) is 1.74. The number of hydrogen-bond donors (Lipinski definition) is 0. The number of thiophene rings is 1. The van der Waals surface area contributed by atoms with Crippen molar-refractivity contribution in [1.29, 1.82) is 0 Å². The third-order valence-electron chi connectivity index (χ3n) is 6.14. The number of piperazine rings is 1. The summed E-state index contributed by atoms with van der Waals surface area (Å²) in [6, 6.07) is 12.5. The average Bonchev–Trinajstić information content (AvgIpc) is 3.52. The van der Waals surface area contributed by atoms with Crippen molar-refractivity contribution in [2.24, 2.45) is 0 Å². The van der Waals surface area contributed by atoms with Crippen LogP contribution in [0.5, 0.6) is 0 Å². The fourth-order valence-corrected chi connectivity index (χ4v) is 4.96. The van der Waals surface area contributed by atoms with Gasteiger partial charge < -0.3 is 14.3 Å². The number of benzene rings is 1. The molecule has 3 heterocycles. The molecule has 0 atom stereocenters. The first-order chi connectivity index (χ1) is 16.0. The van der Waals surface area contributed by atoms with Crippen LogP contribution in [0.4, 0.5) is 5.69 Å². The first-order valence-electron chi connectivity index (χ1n) is 11.8. The van der Waals surface area contributed by atoms with E-state index in [-0.39, 0.29) is 5.91 Å². The van der Waals surface area contributed by atoms with Crippen LogP contribution >= 0.6 is 11.3 Å². The number of aryl methyl sites for hydroxylation is 1. The largest absolute Gasteiger partial charge is 0.369 e. The van der Waals surface area contributed by atoms with E-state index in [2.05, 4.69) is 52.8 Å². The quantitative estimate of drug-likeness (QED) is 0.464. The van der Waals surface area contributed by atoms with Gasteiger partial charge in [0.05, 0.1) is 4.88 Å². The van der Waals surface area contributed by atoms with Gasteiger partial charge in [-0.3, -0.25) is 9.69 Å². The van der Waals surface area contributed by atoms with Crippen LogP contribution in [0.2, 0.25) is 0 Å². The Kier molecular flexibility index (Phi) is 7.77. The van der Waals surface area contributed by atoms with E-state index in [4.69, 9.17) is 4.52 Å². The van der Waals surface area contributed by atoms with Crippen molar-refractivity contribution in [1.82, 2.24) is 19.9 Å². The van der Waals surface area contributed by atoms with Gasteiger partial charge in [0.1, 0.15) is 0 Å². The molecule has 3 aromatic rings. The number of anilines is 1. The van der Waals surface area contributed by atoms with Crippen LogP contribution in [0.15, 0.2) is 46.3 Å². The SMILES string of the molecule is CCN(c1ccc(C(=O)N2CCN(CCCc3nc(-c4cccs4)no3)CC2)cc1)C(C)C. The highest BCUT2D eigenvalue weighted by Crippen LogP contribution is 2.22. The van der Waals surface area contributed by atoms with E-state index in [9.17, 15) is 4.79 Å². The van der Waals surface area contributed by atoms with Crippen LogP contribution in [-0.2, 0) is 6.42 Å². The monoisotopic (exact) mass is 467 g/mol. The molecule has 1 saturated heterocycles. The minimum absolute atomic E-state index is 0.126. The minimum atomic E-state index is 0.126. The Bertz CT molecular complexity index is 1010. The minimum Gasteiger partial charge on any atom is -0.369 e. The molecule has 1 aromatic carbocycles. The first kappa shape index (κ1) is 23.4. The van der Waals surface area contributed by atoms with Crippen LogP contribution in [0.25, 0.3) is 10.7 Å². The zero-order chi connectivity index (χ0) is 23.2. The molecule has 176 valence electrons. The van der Waals surface area contributed by atoms with Gasteiger partial charge in [-0.05, 0) is 69.4 Å². The number of nitrogens with zero attached hydrogens (tertiary/aromatic N) is 5. The molecule has 8 heteroatoms. The van der Waals surface area contributed by atoms with Crippen molar-refractivity contribution in [2.75, 3.05) is 44.2 Å². The summed E-state index contributed by atoms with van der Waals surface area (Å²) < 4.78 is 5.39. The molecule has 0 spiro atoms. The Labute approximate surface area is 200 Å². The molecule has 0 unspecified atom stereocenters. The predicted octanol–water partition coefficient (Wildman–Crippen LogP) is 4.42. The maximum Gasteiger partial charge on any atom is 0.253 e. The summed E-state index contributed by atoms with van der Waals surface area (Å²) in [5.74, 6) is 1.49. The summed E-state index contributed by atoms with van der Waals surface area (Å²) >= 11 is 1.61. The maximum atomic E-state index is 13.0. The lowest BCUT2D eigenvalue weighted by molar-refractivity contribution is 0.0635. The number of rotatable bonds is 9. The van der Waals surface area contributed by atoms with Gasteiger partial charge >= 0.3 is 0 Å². The summed E-state index contributed by atoms with van der Waals surface area (Å²) in [4.78, 5) is 25.2. The summed E-state index contributed by atoms with van der Waals surface area (Å²) in [5.41, 5.74) is 1.93. The van der Waals surface area contributed by atoms with E-state index in [0.29, 0.717) is 17.8 Å². The fourth-order valence-electron chi connectivity index (χ4n) is 4.31. The summed E-state index contributed by atoms with van der Waals surface area (Å²) in [5, 5.41) is 6.09. The molecule has 2 aromatic heterocycles. The summed E-state index contributed by atoms with van der Waals surface area (Å²) in [6.45, 7) is 11.8. The van der Waals surface area contributed by atoms with E-state index >= 15 is 0 Å². The van der Waals surface area contributed by atoms with Crippen LogP contribution < -0.4 is 4.90 Å². The van der Waals surface area contributed by atoms with Crippen LogP contribution in [0.1, 0.15) is 43.4 Å². The van der Waals surface area contributed by atoms with Gasteiger partial charge in [-0.1, -0.05) is 11.2 Å². The van der Waals surface area contributed by atoms with Crippen LogP contribution in [0, 0.1) is 0 Å². The second kappa shape index (κ2) is 10.9. The molecule has 1 amide bonds. The first-order valence-corrected chi connectivity index (χ1v) is 12.7. The zero-order valence-electron chi connectivity index (χ0n) is 19.7. The molecule has 1 aliphatic heterocycles. The second-order valence-electron chi connectivity index (χ2n) is 8.65. The van der Waals surface area contributed by atoms with Crippen molar-refractivity contribution in [3.05, 3.63) is 53.2 Å². The topological polar surface area (TPSA) is 65.7 Å². The molecule has 7 nitrogen and oxygen atoms in total. The molecule has 0 N–H and O–H groups in total. The van der Waals surface area contributed by atoms with Crippen molar-refractivity contribution >= 4 is 22.9 Å². The zero-order valence-corrected chi connectivity index (χ0v) is 20.6. The van der Waals surface area contributed by atoms with Gasteiger partial charge in [0, 0.05) is 56.4 Å². The number of aromatic nitrogens is 2. The van der Waals surface area contributed by atoms with Crippen molar-refractivity contribution in [2.45, 2.75) is 39.7 Å². The van der Waals surface area contributed by atoms with E-state index in [1.54, 1.807) is 11.3 Å².